The van der Waals surface area contributed by atoms with Gasteiger partial charge in [0.25, 0.3) is 5.91 Å². The van der Waals surface area contributed by atoms with Crippen LogP contribution in [-0.4, -0.2) is 104 Å². The van der Waals surface area contributed by atoms with Crippen LogP contribution in [0.3, 0.4) is 0 Å². The number of aromatic amines is 1. The van der Waals surface area contributed by atoms with Crippen molar-refractivity contribution in [2.75, 3.05) is 20.1 Å². The van der Waals surface area contributed by atoms with E-state index in [-0.39, 0.29) is 31.1 Å². The van der Waals surface area contributed by atoms with Gasteiger partial charge in [0.05, 0.1) is 12.2 Å². The van der Waals surface area contributed by atoms with Gasteiger partial charge in [-0.25, -0.2) is 0 Å². The van der Waals surface area contributed by atoms with E-state index in [0.29, 0.717) is 42.3 Å². The Hall–Kier alpha value is -4.89. The minimum Gasteiger partial charge on any atom is -0.379 e. The first-order chi connectivity index (χ1) is 26.3. The van der Waals surface area contributed by atoms with Crippen molar-refractivity contribution in [3.8, 4) is 0 Å². The molecule has 55 heavy (non-hydrogen) atoms. The highest BCUT2D eigenvalue weighted by atomic mass is 31.2. The zero-order chi connectivity index (χ0) is 39.3. The lowest BCUT2D eigenvalue weighted by molar-refractivity contribution is -0.144. The average Bonchev–Trinajstić information content (AvgIpc) is 3.78. The number of nitrogens with zero attached hydrogens (tertiary/aromatic N) is 2. The third-order valence-corrected chi connectivity index (χ3v) is 11.0. The van der Waals surface area contributed by atoms with Crippen LogP contribution >= 0.6 is 7.60 Å². The van der Waals surface area contributed by atoms with Crippen molar-refractivity contribution in [3.05, 3.63) is 107 Å². The Morgan fingerprint density at radius 3 is 2.24 bits per heavy atom. The van der Waals surface area contributed by atoms with E-state index < -0.39 is 67.8 Å². The van der Waals surface area contributed by atoms with Gasteiger partial charge >= 0.3 is 7.60 Å². The molecule has 0 bridgehead atoms. The van der Waals surface area contributed by atoms with Gasteiger partial charge in [0.15, 0.2) is 0 Å². The Labute approximate surface area is 318 Å². The predicted molar refractivity (Wildman–Crippen MR) is 205 cm³/mol. The van der Waals surface area contributed by atoms with Crippen molar-refractivity contribution in [2.24, 2.45) is 5.73 Å². The largest absolute Gasteiger partial charge is 0.379 e. The van der Waals surface area contributed by atoms with Crippen LogP contribution in [0.15, 0.2) is 84.9 Å². The molecule has 2 fully saturated rings. The van der Waals surface area contributed by atoms with Crippen LogP contribution < -0.4 is 21.7 Å². The fourth-order valence-electron chi connectivity index (χ4n) is 7.54. The van der Waals surface area contributed by atoms with Gasteiger partial charge in [0.2, 0.25) is 17.7 Å². The highest BCUT2D eigenvalue weighted by molar-refractivity contribution is 7.50. The number of amides is 4. The number of hydrogen-bond acceptors (Lipinski definition) is 8. The Morgan fingerprint density at radius 1 is 0.927 bits per heavy atom. The molecule has 3 heterocycles. The van der Waals surface area contributed by atoms with Crippen molar-refractivity contribution in [3.63, 3.8) is 0 Å². The summed E-state index contributed by atoms with van der Waals surface area (Å²) in [7, 11) is -2.43. The van der Waals surface area contributed by atoms with Gasteiger partial charge in [0, 0.05) is 23.5 Å². The lowest BCUT2D eigenvalue weighted by atomic mass is 9.98. The molecular weight excluding hydrogens is 725 g/mol. The SMILES string of the molecule is CN1CC[C@H]2CC[C@@H](C(=O)N[C@@H](CCC(N)O)C(=O)NC(c3ccccc3)c3ccccc3)N2C(=O)[C@@H](NC(=O)c2cc3cc(CP(=O)(O)O)ccc3[nH]2)C1. The molecule has 2 saturated heterocycles. The molecule has 0 saturated carbocycles. The molecule has 4 aromatic rings. The molecule has 16 heteroatoms. The van der Waals surface area contributed by atoms with E-state index >= 15 is 0 Å². The van der Waals surface area contributed by atoms with Gasteiger partial charge in [-0.1, -0.05) is 66.7 Å². The maximum atomic E-state index is 14.3. The number of aliphatic hydroxyl groups is 1. The highest BCUT2D eigenvalue weighted by Gasteiger charge is 2.45. The molecule has 2 aliphatic heterocycles. The normalized spacial score (nSPS) is 20.4. The number of aromatic nitrogens is 1. The van der Waals surface area contributed by atoms with Gasteiger partial charge < -0.3 is 51.4 Å². The third-order valence-electron chi connectivity index (χ3n) is 10.3. The van der Waals surface area contributed by atoms with Gasteiger partial charge in [-0.3, -0.25) is 23.7 Å². The van der Waals surface area contributed by atoms with Crippen molar-refractivity contribution in [1.82, 2.24) is 30.7 Å². The monoisotopic (exact) mass is 773 g/mol. The standard InChI is InChI=1S/C39H48N7O8P/c1-45-19-18-28-13-16-33(46(28)39(51)32(22-45)43-37(49)31-21-27-20-24(23-55(52,53)54)12-14-29(27)41-31)38(50)42-30(15-17-34(40)47)36(48)44-35(25-8-4-2-5-9-25)26-10-6-3-7-11-26/h2-12,14,20-21,28,30,32-35,41,47H,13,15-19,22-23,40H2,1H3,(H,42,50)(H,43,49)(H,44,48)(H2,52,53,54)/t28-,30+,32+,33+,34?/m1/s1. The minimum atomic E-state index is -4.29. The number of nitrogens with one attached hydrogen (secondary N) is 4. The molecule has 15 nitrogen and oxygen atoms in total. The zero-order valence-corrected chi connectivity index (χ0v) is 31.4. The van der Waals surface area contributed by atoms with Crippen molar-refractivity contribution in [2.45, 2.75) is 74.7 Å². The summed E-state index contributed by atoms with van der Waals surface area (Å²) < 4.78 is 11.5. The number of hydrogen-bond donors (Lipinski definition) is 8. The number of H-pyrrole nitrogens is 1. The van der Waals surface area contributed by atoms with Crippen LogP contribution in [0.1, 0.15) is 65.3 Å². The molecule has 0 aliphatic carbocycles. The molecule has 4 amide bonds. The smallest absolute Gasteiger partial charge is 0.329 e. The van der Waals surface area contributed by atoms with Gasteiger partial charge in [0.1, 0.15) is 30.0 Å². The Bertz CT molecular complexity index is 2000. The second-order valence-electron chi connectivity index (χ2n) is 14.5. The van der Waals surface area contributed by atoms with Gasteiger partial charge in [-0.15, -0.1) is 0 Å². The number of likely N-dealkylation sites (N-methyl/N-ethyl adjacent to an activating group) is 1. The Balaban J connectivity index is 1.19. The molecule has 292 valence electrons. The second kappa shape index (κ2) is 17.3. The van der Waals surface area contributed by atoms with Crippen LogP contribution in [0.5, 0.6) is 0 Å². The first kappa shape index (κ1) is 39.8. The summed E-state index contributed by atoms with van der Waals surface area (Å²) in [4.78, 5) is 81.3. The zero-order valence-electron chi connectivity index (χ0n) is 30.5. The van der Waals surface area contributed by atoms with Gasteiger partial charge in [-0.2, -0.15) is 0 Å². The van der Waals surface area contributed by atoms with E-state index in [1.165, 1.54) is 0 Å². The summed E-state index contributed by atoms with van der Waals surface area (Å²) in [6.45, 7) is 0.804. The summed E-state index contributed by atoms with van der Waals surface area (Å²) in [5.41, 5.74) is 8.50. The van der Waals surface area contributed by atoms with Crippen molar-refractivity contribution in [1.29, 1.82) is 0 Å². The first-order valence-corrected chi connectivity index (χ1v) is 20.2. The van der Waals surface area contributed by atoms with Crippen LogP contribution in [0.4, 0.5) is 0 Å². The summed E-state index contributed by atoms with van der Waals surface area (Å²) in [5.74, 6) is -1.96. The Morgan fingerprint density at radius 2 is 1.60 bits per heavy atom. The quantitative estimate of drug-likeness (QED) is 0.0729. The van der Waals surface area contributed by atoms with Crippen LogP contribution in [-0.2, 0) is 25.1 Å². The van der Waals surface area contributed by atoms with Gasteiger partial charge in [-0.05, 0) is 80.6 Å². The van der Waals surface area contributed by atoms with E-state index in [2.05, 4.69) is 20.9 Å². The second-order valence-corrected chi connectivity index (χ2v) is 16.1. The molecular formula is C39H48N7O8P. The molecule has 1 unspecified atom stereocenters. The molecule has 0 radical (unpaired) electrons. The van der Waals surface area contributed by atoms with E-state index in [0.717, 1.165) is 11.1 Å². The molecule has 1 aromatic heterocycles. The molecule has 2 aliphatic rings. The summed E-state index contributed by atoms with van der Waals surface area (Å²) in [6.07, 6.45) is -0.0367. The highest BCUT2D eigenvalue weighted by Crippen LogP contribution is 2.39. The van der Waals surface area contributed by atoms with Crippen LogP contribution in [0, 0.1) is 0 Å². The molecule has 6 rings (SSSR count). The number of aliphatic hydroxyl groups excluding tert-OH is 1. The van der Waals surface area contributed by atoms with Crippen molar-refractivity contribution < 1.29 is 38.6 Å². The number of benzene rings is 3. The van der Waals surface area contributed by atoms with E-state index in [4.69, 9.17) is 5.73 Å². The minimum absolute atomic E-state index is 0.0365. The van der Waals surface area contributed by atoms with Crippen molar-refractivity contribution >= 4 is 42.1 Å². The van der Waals surface area contributed by atoms with Crippen LogP contribution in [0.25, 0.3) is 10.9 Å². The topological polar surface area (TPSA) is 230 Å². The summed E-state index contributed by atoms with van der Waals surface area (Å²) in [5, 5.41) is 19.3. The number of fused-ring (bicyclic) bond motifs is 2. The molecule has 3 aromatic carbocycles. The maximum absolute atomic E-state index is 14.3. The molecule has 5 atom stereocenters. The lowest BCUT2D eigenvalue weighted by Gasteiger charge is -2.38. The third kappa shape index (κ3) is 10.1. The van der Waals surface area contributed by atoms with E-state index in [9.17, 15) is 38.6 Å². The first-order valence-electron chi connectivity index (χ1n) is 18.4. The lowest BCUT2D eigenvalue weighted by Crippen LogP contribution is -2.61. The van der Waals surface area contributed by atoms with Crippen LogP contribution in [0.2, 0.25) is 0 Å². The number of rotatable bonds is 13. The number of nitrogens with two attached hydrogens (primary N) is 1. The fourth-order valence-corrected chi connectivity index (χ4v) is 8.21. The summed E-state index contributed by atoms with van der Waals surface area (Å²) >= 11 is 0. The van der Waals surface area contributed by atoms with E-state index in [1.54, 1.807) is 29.2 Å². The molecule has 9 N–H and O–H groups in total. The molecule has 0 spiro atoms. The van der Waals surface area contributed by atoms with E-state index in [1.807, 2.05) is 72.6 Å². The fraction of sp³-hybridized carbons (Fsp3) is 0.385. The number of carbonyl (C=O) groups is 4. The Kier molecular flexibility index (Phi) is 12.5. The maximum Gasteiger partial charge on any atom is 0.329 e. The summed E-state index contributed by atoms with van der Waals surface area (Å²) in [6, 6.07) is 21.4. The number of carbonyl (C=O) groups excluding carboxylic acids is 4. The average molecular weight is 774 g/mol. The predicted octanol–water partition coefficient (Wildman–Crippen LogP) is 2.09.